The third-order valence-electron chi connectivity index (χ3n) is 4.79. The molecule has 0 radical (unpaired) electrons. The van der Waals surface area contributed by atoms with E-state index in [-0.39, 0.29) is 11.1 Å². The Morgan fingerprint density at radius 3 is 2.38 bits per heavy atom. The van der Waals surface area contributed by atoms with E-state index in [0.29, 0.717) is 22.7 Å². The van der Waals surface area contributed by atoms with Gasteiger partial charge >= 0.3 is 5.97 Å². The van der Waals surface area contributed by atoms with Crippen LogP contribution >= 0.6 is 0 Å². The molecule has 4 rings (SSSR count). The van der Waals surface area contributed by atoms with E-state index in [2.05, 4.69) is 5.10 Å². The number of esters is 1. The Hall–Kier alpha value is -3.87. The molecule has 2 aromatic rings. The molecule has 7 nitrogen and oxygen atoms in total. The van der Waals surface area contributed by atoms with Crippen LogP contribution in [-0.2, 0) is 4.74 Å². The summed E-state index contributed by atoms with van der Waals surface area (Å²) >= 11 is 0. The molecule has 146 valence electrons. The molecule has 0 unspecified atom stereocenters. The molecule has 2 aromatic carbocycles. The van der Waals surface area contributed by atoms with Crippen LogP contribution in [0.4, 0.5) is 0 Å². The number of benzene rings is 2. The number of hydrogen-bond acceptors (Lipinski definition) is 5. The smallest absolute Gasteiger partial charge is 0.341 e. The molecular weight excluding hydrogens is 370 g/mol. The van der Waals surface area contributed by atoms with Gasteiger partial charge in [0.05, 0.1) is 25.5 Å². The Kier molecular flexibility index (Phi) is 4.64. The van der Waals surface area contributed by atoms with Crippen molar-refractivity contribution in [2.45, 2.75) is 6.92 Å². The van der Waals surface area contributed by atoms with Gasteiger partial charge in [-0.25, -0.2) is 4.79 Å². The van der Waals surface area contributed by atoms with Crippen molar-refractivity contribution in [2.75, 3.05) is 14.2 Å². The maximum absolute atomic E-state index is 13.1. The standard InChI is InChI=1S/C22H19N3O4/c1-14-6-4-5-7-19(14)24-12-17-20(18(13-24)22(27)29-3)23-25(21(17)26)15-8-10-16(28-2)11-9-15/h4-13H,1-3H3. The molecule has 0 aromatic heterocycles. The molecule has 2 heterocycles. The average Bonchev–Trinajstić information content (AvgIpc) is 3.09. The van der Waals surface area contributed by atoms with Crippen molar-refractivity contribution in [2.24, 2.45) is 0 Å². The van der Waals surface area contributed by atoms with E-state index in [1.165, 1.54) is 11.8 Å². The van der Waals surface area contributed by atoms with Crippen molar-refractivity contribution in [3.63, 3.8) is 0 Å². The largest absolute Gasteiger partial charge is 0.497 e. The molecular formula is C22H19N3O4. The van der Waals surface area contributed by atoms with Crippen molar-refractivity contribution in [1.82, 2.24) is 14.3 Å². The summed E-state index contributed by atoms with van der Waals surface area (Å²) in [6.07, 6.45) is 3.33. The van der Waals surface area contributed by atoms with E-state index in [0.717, 1.165) is 11.3 Å². The number of aromatic nitrogens is 3. The Bertz CT molecular complexity index is 1220. The number of carbonyl (C=O) groups excluding carboxylic acids is 1. The quantitative estimate of drug-likeness (QED) is 0.501. The number of hydrogen-bond donors (Lipinski definition) is 0. The summed E-state index contributed by atoms with van der Waals surface area (Å²) in [5.41, 5.74) is 2.95. The lowest BCUT2D eigenvalue weighted by atomic mass is 10.1. The second-order valence-corrected chi connectivity index (χ2v) is 6.53. The molecule has 29 heavy (non-hydrogen) atoms. The van der Waals surface area contributed by atoms with Crippen LogP contribution in [0, 0.1) is 6.92 Å². The zero-order chi connectivity index (χ0) is 20.5. The molecule has 0 saturated carbocycles. The fourth-order valence-electron chi connectivity index (χ4n) is 3.26. The van der Waals surface area contributed by atoms with Gasteiger partial charge in [0.25, 0.3) is 5.56 Å². The van der Waals surface area contributed by atoms with Gasteiger partial charge in [0.2, 0.25) is 0 Å². The average molecular weight is 389 g/mol. The highest BCUT2D eigenvalue weighted by Gasteiger charge is 2.25. The van der Waals surface area contributed by atoms with Crippen LogP contribution in [0.15, 0.2) is 65.7 Å². The molecule has 0 bridgehead atoms. The number of nitrogens with zero attached hydrogens (tertiary/aromatic N) is 3. The molecule has 7 heteroatoms. The number of ether oxygens (including phenoxy) is 2. The van der Waals surface area contributed by atoms with E-state index < -0.39 is 5.97 Å². The summed E-state index contributed by atoms with van der Waals surface area (Å²) < 4.78 is 13.1. The third-order valence-corrected chi connectivity index (χ3v) is 4.79. The monoisotopic (exact) mass is 389 g/mol. The van der Waals surface area contributed by atoms with Crippen molar-refractivity contribution in [1.29, 1.82) is 0 Å². The number of aryl methyl sites for hydroxylation is 1. The first kappa shape index (κ1) is 18.5. The van der Waals surface area contributed by atoms with Crippen LogP contribution in [0.2, 0.25) is 0 Å². The van der Waals surface area contributed by atoms with Gasteiger partial charge < -0.3 is 14.0 Å². The molecule has 0 atom stereocenters. The summed E-state index contributed by atoms with van der Waals surface area (Å²) in [6.45, 7) is 1.96. The fourth-order valence-corrected chi connectivity index (χ4v) is 3.26. The van der Waals surface area contributed by atoms with E-state index >= 15 is 0 Å². The molecule has 0 amide bonds. The minimum absolute atomic E-state index is 0.220. The topological polar surface area (TPSA) is 75.3 Å². The molecule has 0 aliphatic carbocycles. The predicted molar refractivity (Wildman–Crippen MR) is 108 cm³/mol. The van der Waals surface area contributed by atoms with Crippen LogP contribution in [0.1, 0.15) is 15.9 Å². The minimum Gasteiger partial charge on any atom is -0.497 e. The summed E-state index contributed by atoms with van der Waals surface area (Å²) in [5.74, 6) is 0.114. The van der Waals surface area contributed by atoms with Gasteiger partial charge in [-0.1, -0.05) is 18.2 Å². The van der Waals surface area contributed by atoms with Gasteiger partial charge in [-0.2, -0.15) is 9.78 Å². The van der Waals surface area contributed by atoms with Crippen molar-refractivity contribution >= 4 is 5.97 Å². The Morgan fingerprint density at radius 1 is 1.00 bits per heavy atom. The molecule has 2 aliphatic heterocycles. The highest BCUT2D eigenvalue weighted by Crippen LogP contribution is 2.26. The Labute approximate surface area is 167 Å². The number of rotatable bonds is 4. The highest BCUT2D eigenvalue weighted by atomic mass is 16.5. The number of para-hydroxylation sites is 1. The summed E-state index contributed by atoms with van der Waals surface area (Å²) in [6, 6.07) is 14.7. The van der Waals surface area contributed by atoms with Crippen LogP contribution in [0.3, 0.4) is 0 Å². The fraction of sp³-hybridized carbons (Fsp3) is 0.136. The maximum Gasteiger partial charge on any atom is 0.341 e. The van der Waals surface area contributed by atoms with Crippen LogP contribution < -0.4 is 10.3 Å². The Morgan fingerprint density at radius 2 is 1.72 bits per heavy atom. The molecule has 0 spiro atoms. The first-order valence-corrected chi connectivity index (χ1v) is 8.97. The van der Waals surface area contributed by atoms with Crippen molar-refractivity contribution < 1.29 is 14.3 Å². The van der Waals surface area contributed by atoms with Gasteiger partial charge in [-0.05, 0) is 42.8 Å². The third kappa shape index (κ3) is 3.16. The summed E-state index contributed by atoms with van der Waals surface area (Å²) in [5, 5.41) is 4.41. The van der Waals surface area contributed by atoms with Crippen molar-refractivity contribution in [3.8, 4) is 28.4 Å². The SMILES string of the molecule is COC(=O)c1cn(-c2ccccc2C)cc2c(=O)n(-c3ccc(OC)cc3)nc1-2. The van der Waals surface area contributed by atoms with Gasteiger partial charge in [0.1, 0.15) is 17.0 Å². The lowest BCUT2D eigenvalue weighted by molar-refractivity contribution is 0.0600. The number of fused-ring (bicyclic) bond motifs is 1. The second kappa shape index (κ2) is 7.27. The van der Waals surface area contributed by atoms with Gasteiger partial charge in [-0.3, -0.25) is 4.79 Å². The normalized spacial score (nSPS) is 10.9. The van der Waals surface area contributed by atoms with E-state index in [1.807, 2.05) is 31.2 Å². The maximum atomic E-state index is 13.1. The van der Waals surface area contributed by atoms with E-state index in [9.17, 15) is 9.59 Å². The zero-order valence-corrected chi connectivity index (χ0v) is 16.2. The summed E-state index contributed by atoms with van der Waals surface area (Å²) in [4.78, 5) is 25.6. The minimum atomic E-state index is -0.558. The number of methoxy groups -OCH3 is 2. The first-order chi connectivity index (χ1) is 14.0. The lowest BCUT2D eigenvalue weighted by Crippen LogP contribution is -2.15. The summed E-state index contributed by atoms with van der Waals surface area (Å²) in [7, 11) is 2.88. The van der Waals surface area contributed by atoms with Crippen molar-refractivity contribution in [3.05, 3.63) is 82.4 Å². The van der Waals surface area contributed by atoms with E-state index in [4.69, 9.17) is 9.47 Å². The van der Waals surface area contributed by atoms with Gasteiger partial charge in [0, 0.05) is 18.1 Å². The van der Waals surface area contributed by atoms with Crippen LogP contribution in [0.25, 0.3) is 22.6 Å². The molecule has 2 aliphatic rings. The van der Waals surface area contributed by atoms with Gasteiger partial charge in [0.15, 0.2) is 0 Å². The highest BCUT2D eigenvalue weighted by molar-refractivity contribution is 5.96. The molecule has 0 fully saturated rings. The van der Waals surface area contributed by atoms with Crippen LogP contribution in [-0.4, -0.2) is 34.5 Å². The number of pyridine rings is 1. The Balaban J connectivity index is 1.97. The first-order valence-electron chi connectivity index (χ1n) is 8.97. The van der Waals surface area contributed by atoms with E-state index in [1.54, 1.807) is 48.3 Å². The molecule has 0 saturated heterocycles. The molecule has 0 N–H and O–H groups in total. The second-order valence-electron chi connectivity index (χ2n) is 6.53. The number of carbonyl (C=O) groups is 1. The zero-order valence-electron chi connectivity index (χ0n) is 16.2. The predicted octanol–water partition coefficient (Wildman–Crippen LogP) is 3.23. The lowest BCUT2D eigenvalue weighted by Gasteiger charge is -2.13. The van der Waals surface area contributed by atoms with Crippen LogP contribution in [0.5, 0.6) is 5.75 Å². The van der Waals surface area contributed by atoms with Gasteiger partial charge in [-0.15, -0.1) is 0 Å².